The average molecular weight is 956 g/mol. The smallest absolute Gasteiger partial charge is 0.423 e. The molecule has 10 rings (SSSR count). The molecule has 0 aliphatic heterocycles. The Bertz CT molecular complexity index is 3300. The summed E-state index contributed by atoms with van der Waals surface area (Å²) in [6, 6.07) is 66.0. The molecule has 0 aliphatic rings. The zero-order valence-corrected chi connectivity index (χ0v) is 41.9. The Morgan fingerprint density at radius 2 is 0.694 bits per heavy atom. The Labute approximate surface area is 424 Å². The summed E-state index contributed by atoms with van der Waals surface area (Å²) >= 11 is 0. The summed E-state index contributed by atoms with van der Waals surface area (Å²) in [4.78, 5) is 4.14. The van der Waals surface area contributed by atoms with Gasteiger partial charge in [0.05, 0.1) is 0 Å². The summed E-state index contributed by atoms with van der Waals surface area (Å²) in [7, 11) is 7.93. The molecule has 0 saturated heterocycles. The van der Waals surface area contributed by atoms with Gasteiger partial charge >= 0.3 is 7.12 Å². The van der Waals surface area contributed by atoms with Crippen LogP contribution in [0.15, 0.2) is 203 Å². The van der Waals surface area contributed by atoms with E-state index in [1.165, 1.54) is 57.3 Å². The molecule has 3 N–H and O–H groups in total. The standard InChI is InChI=1S/C29H25N3O.C16H14N2O.C14H16BNO2.CH4O/c1-20-30-31-29(33-20)23-14-12-21(13-15-23)25-8-4-6-10-27(25)28-11-7-5-9-26(28)22-16-18-24(19-17-22)32(2)3;1-11-5-3-4-6-15(11)13-7-9-14(10-8-13)16-18-17-12(2)19-16;1-16(2)12-9-7-11(8-10-12)13-5-3-4-6-14(13)15(17)18;1-2/h4-19H,1-3H3;3-10H,1-2H3;3-10,17-18H,1-2H3;2H,1H3/i;;;2D. The zero-order chi connectivity index (χ0) is 51.9. The number of aromatic nitrogens is 4. The quantitative estimate of drug-likeness (QED) is 0.113. The van der Waals surface area contributed by atoms with Crippen molar-refractivity contribution in [3.63, 3.8) is 0 Å². The van der Waals surface area contributed by atoms with Crippen LogP contribution in [0.4, 0.5) is 11.4 Å². The molecule has 0 aliphatic carbocycles. The van der Waals surface area contributed by atoms with Crippen LogP contribution in [0.1, 0.15) is 17.3 Å². The van der Waals surface area contributed by atoms with Crippen LogP contribution in [0.5, 0.6) is 0 Å². The average Bonchev–Trinajstić information content (AvgIpc) is 4.07. The summed E-state index contributed by atoms with van der Waals surface area (Å²) in [6.45, 7) is 5.70. The van der Waals surface area contributed by atoms with E-state index in [9.17, 15) is 10.0 Å². The molecule has 0 unspecified atom stereocenters. The Hall–Kier alpha value is -8.42. The summed E-state index contributed by atoms with van der Waals surface area (Å²) < 4.78 is 16.7. The highest BCUT2D eigenvalue weighted by Crippen LogP contribution is 2.39. The van der Waals surface area contributed by atoms with E-state index in [4.69, 9.17) is 10.3 Å². The molecule has 362 valence electrons. The minimum Gasteiger partial charge on any atom is -0.423 e. The van der Waals surface area contributed by atoms with Crippen LogP contribution >= 0.6 is 0 Å². The number of nitrogens with zero attached hydrogens (tertiary/aromatic N) is 6. The fourth-order valence-corrected chi connectivity index (χ4v) is 8.11. The molecule has 11 nitrogen and oxygen atoms in total. The van der Waals surface area contributed by atoms with Gasteiger partial charge in [-0.15, -0.1) is 20.4 Å². The summed E-state index contributed by atoms with van der Waals surface area (Å²) in [5.74, 6) is 2.25. The van der Waals surface area contributed by atoms with E-state index in [1.807, 2.05) is 79.7 Å². The van der Waals surface area contributed by atoms with Crippen LogP contribution < -0.4 is 15.3 Å². The van der Waals surface area contributed by atoms with E-state index in [0.717, 1.165) is 33.5 Å². The van der Waals surface area contributed by atoms with E-state index < -0.39 is 7.12 Å². The van der Waals surface area contributed by atoms with Crippen LogP contribution in [-0.4, -0.2) is 79.4 Å². The maximum absolute atomic E-state index is 9.36. The third-order valence-corrected chi connectivity index (χ3v) is 11.9. The second kappa shape index (κ2) is 24.4. The zero-order valence-electron chi connectivity index (χ0n) is 42.9. The highest BCUT2D eigenvalue weighted by atomic mass is 16.4. The van der Waals surface area contributed by atoms with Gasteiger partial charge in [0, 0.05) is 71.6 Å². The number of hydrogen-bond acceptors (Lipinski definition) is 11. The van der Waals surface area contributed by atoms with Gasteiger partial charge in [-0.05, 0) is 122 Å². The van der Waals surface area contributed by atoms with Gasteiger partial charge in [0.15, 0.2) is 0 Å². The van der Waals surface area contributed by atoms with Crippen LogP contribution in [0.3, 0.4) is 0 Å². The Kier molecular flexibility index (Phi) is 17.0. The lowest BCUT2D eigenvalue weighted by molar-refractivity contribution is 0.399. The Balaban J connectivity index is 0.000000167. The molecule has 2 aromatic heterocycles. The van der Waals surface area contributed by atoms with Gasteiger partial charge in [0.1, 0.15) is 0 Å². The predicted octanol–water partition coefficient (Wildman–Crippen LogP) is 11.8. The van der Waals surface area contributed by atoms with Crippen molar-refractivity contribution < 1.29 is 24.0 Å². The van der Waals surface area contributed by atoms with Gasteiger partial charge < -0.3 is 33.8 Å². The molecule has 12 heteroatoms. The van der Waals surface area contributed by atoms with Crippen molar-refractivity contribution in [3.8, 4) is 78.5 Å². The van der Waals surface area contributed by atoms with Crippen LogP contribution in [0, 0.1) is 20.8 Å². The molecule has 0 radical (unpaired) electrons. The molecular weight excluding hydrogens is 896 g/mol. The molecule has 8 aromatic carbocycles. The number of aryl methyl sites for hydroxylation is 3. The SMILES string of the molecule is CN(C)c1ccc(-c2ccccc2B(O)O)cc1.Cc1nnc(-c2ccc(-c3ccccc3-c3ccccc3-c3ccc(N(C)C)cc3)cc2)o1.Cc1nnc(-c2ccc(-c3ccccc3C)cc2)o1.[2H]OC. The number of aliphatic hydroxyl groups excluding tert-OH is 1. The molecular formula is C60H59BN6O5. The Morgan fingerprint density at radius 3 is 1.06 bits per heavy atom. The van der Waals surface area contributed by atoms with Crippen LogP contribution in [0.2, 0.25) is 0 Å². The van der Waals surface area contributed by atoms with Gasteiger partial charge in [0.2, 0.25) is 25.0 Å². The molecule has 0 bridgehead atoms. The van der Waals surface area contributed by atoms with E-state index >= 15 is 0 Å². The van der Waals surface area contributed by atoms with Crippen molar-refractivity contribution >= 4 is 24.0 Å². The van der Waals surface area contributed by atoms with E-state index in [1.54, 1.807) is 26.0 Å². The molecule has 0 saturated carbocycles. The van der Waals surface area contributed by atoms with Gasteiger partial charge in [0.25, 0.3) is 0 Å². The van der Waals surface area contributed by atoms with Gasteiger partial charge in [-0.1, -0.05) is 146 Å². The molecule has 10 aromatic rings. The number of anilines is 2. The van der Waals surface area contributed by atoms with Crippen molar-refractivity contribution in [2.24, 2.45) is 0 Å². The van der Waals surface area contributed by atoms with Crippen molar-refractivity contribution in [1.82, 2.24) is 20.4 Å². The lowest BCUT2D eigenvalue weighted by Crippen LogP contribution is -2.31. The van der Waals surface area contributed by atoms with Gasteiger partial charge in [-0.2, -0.15) is 0 Å². The van der Waals surface area contributed by atoms with Crippen LogP contribution in [0.25, 0.3) is 78.5 Å². The highest BCUT2D eigenvalue weighted by Gasteiger charge is 2.17. The first-order valence-electron chi connectivity index (χ1n) is 23.8. The normalized spacial score (nSPS) is 10.6. The lowest BCUT2D eigenvalue weighted by atomic mass is 9.75. The molecule has 0 atom stereocenters. The highest BCUT2D eigenvalue weighted by molar-refractivity contribution is 6.60. The van der Waals surface area contributed by atoms with Gasteiger partial charge in [-0.3, -0.25) is 0 Å². The number of benzene rings is 8. The van der Waals surface area contributed by atoms with Gasteiger partial charge in [-0.25, -0.2) is 0 Å². The maximum atomic E-state index is 9.36. The van der Waals surface area contributed by atoms with Crippen molar-refractivity contribution in [2.75, 3.05) is 45.1 Å². The van der Waals surface area contributed by atoms with Crippen molar-refractivity contribution in [3.05, 3.63) is 211 Å². The fraction of sp³-hybridized carbons (Fsp3) is 0.133. The summed E-state index contributed by atoms with van der Waals surface area (Å²) in [5.41, 5.74) is 17.4. The molecule has 0 spiro atoms. The molecule has 2 heterocycles. The number of hydrogen-bond donors (Lipinski definition) is 3. The Morgan fingerprint density at radius 1 is 0.389 bits per heavy atom. The predicted molar refractivity (Wildman–Crippen MR) is 294 cm³/mol. The minimum absolute atomic E-state index is 0.523. The van der Waals surface area contributed by atoms with E-state index in [2.05, 4.69) is 173 Å². The minimum atomic E-state index is -1.45. The first-order chi connectivity index (χ1) is 35.3. The fourth-order valence-electron chi connectivity index (χ4n) is 8.11. The molecule has 0 fully saturated rings. The maximum Gasteiger partial charge on any atom is 0.489 e. The third-order valence-electron chi connectivity index (χ3n) is 11.9. The first-order valence-corrected chi connectivity index (χ1v) is 23.4. The number of aliphatic hydroxyl groups is 1. The largest absolute Gasteiger partial charge is 0.489 e. The van der Waals surface area contributed by atoms with Crippen molar-refractivity contribution in [2.45, 2.75) is 20.8 Å². The van der Waals surface area contributed by atoms with Crippen molar-refractivity contribution in [1.29, 1.82) is 1.43 Å². The number of rotatable bonds is 10. The molecule has 72 heavy (non-hydrogen) atoms. The second-order valence-corrected chi connectivity index (χ2v) is 17.2. The topological polar surface area (TPSA) is 145 Å². The van der Waals surface area contributed by atoms with E-state index in [-0.39, 0.29) is 0 Å². The molecule has 0 amide bonds. The monoisotopic (exact) mass is 955 g/mol. The lowest BCUT2D eigenvalue weighted by Gasteiger charge is -2.16. The summed E-state index contributed by atoms with van der Waals surface area (Å²) in [5, 5.41) is 38.1. The van der Waals surface area contributed by atoms with Crippen LogP contribution in [-0.2, 0) is 0 Å². The third kappa shape index (κ3) is 12.7. The summed E-state index contributed by atoms with van der Waals surface area (Å²) in [6.07, 6.45) is 0. The first kappa shape index (κ1) is 50.0. The second-order valence-electron chi connectivity index (χ2n) is 17.2. The van der Waals surface area contributed by atoms with E-state index in [0.29, 0.717) is 29.0 Å².